The maximum absolute atomic E-state index is 11.9. The minimum absolute atomic E-state index is 0.280. The number of nitrogens with one attached hydrogen (secondary N) is 1. The molecule has 21 heavy (non-hydrogen) atoms. The SMILES string of the molecule is CCn1c(C)cc(/C=N\NC(=O)c2cccc(Cl)c2)c1C. The first-order chi connectivity index (χ1) is 10.0. The second-order valence-electron chi connectivity index (χ2n) is 4.78. The Morgan fingerprint density at radius 1 is 1.38 bits per heavy atom. The molecular formula is C16H18ClN3O. The lowest BCUT2D eigenvalue weighted by atomic mass is 10.2. The lowest BCUT2D eigenvalue weighted by molar-refractivity contribution is 0.0955. The Morgan fingerprint density at radius 3 is 2.76 bits per heavy atom. The average Bonchev–Trinajstić information content (AvgIpc) is 2.73. The van der Waals surface area contributed by atoms with Gasteiger partial charge in [0, 0.05) is 34.1 Å². The molecule has 2 rings (SSSR count). The highest BCUT2D eigenvalue weighted by Gasteiger charge is 2.06. The number of aromatic nitrogens is 1. The molecule has 110 valence electrons. The van der Waals surface area contributed by atoms with E-state index in [0.29, 0.717) is 10.6 Å². The summed E-state index contributed by atoms with van der Waals surface area (Å²) in [6.45, 7) is 7.11. The van der Waals surface area contributed by atoms with Crippen molar-refractivity contribution in [3.63, 3.8) is 0 Å². The number of nitrogens with zero attached hydrogens (tertiary/aromatic N) is 2. The summed E-state index contributed by atoms with van der Waals surface area (Å²) in [5.74, 6) is -0.280. The van der Waals surface area contributed by atoms with Crippen LogP contribution >= 0.6 is 11.6 Å². The van der Waals surface area contributed by atoms with Crippen LogP contribution in [0.25, 0.3) is 0 Å². The van der Waals surface area contributed by atoms with Gasteiger partial charge in [0.1, 0.15) is 0 Å². The minimum Gasteiger partial charge on any atom is -0.349 e. The van der Waals surface area contributed by atoms with E-state index in [1.165, 1.54) is 5.69 Å². The predicted molar refractivity (Wildman–Crippen MR) is 86.1 cm³/mol. The third kappa shape index (κ3) is 3.52. The molecule has 0 saturated carbocycles. The van der Waals surface area contributed by atoms with Crippen molar-refractivity contribution < 1.29 is 4.79 Å². The molecule has 2 aromatic rings. The second kappa shape index (κ2) is 6.59. The number of rotatable bonds is 4. The maximum Gasteiger partial charge on any atom is 0.271 e. The van der Waals surface area contributed by atoms with Crippen LogP contribution in [0.2, 0.25) is 5.02 Å². The van der Waals surface area contributed by atoms with Gasteiger partial charge in [-0.1, -0.05) is 17.7 Å². The summed E-state index contributed by atoms with van der Waals surface area (Å²) in [5, 5.41) is 4.54. The molecule has 5 heteroatoms. The Labute approximate surface area is 129 Å². The molecule has 0 aliphatic carbocycles. The van der Waals surface area contributed by atoms with Crippen LogP contribution in [0.3, 0.4) is 0 Å². The number of hydrazone groups is 1. The summed E-state index contributed by atoms with van der Waals surface area (Å²) in [7, 11) is 0. The number of hydrogen-bond acceptors (Lipinski definition) is 2. The number of amides is 1. The molecule has 0 bridgehead atoms. The summed E-state index contributed by atoms with van der Waals surface area (Å²) >= 11 is 5.85. The molecule has 1 N–H and O–H groups in total. The Hall–Kier alpha value is -2.07. The smallest absolute Gasteiger partial charge is 0.271 e. The fourth-order valence-corrected chi connectivity index (χ4v) is 2.49. The molecule has 0 radical (unpaired) electrons. The van der Waals surface area contributed by atoms with Gasteiger partial charge in [-0.05, 0) is 45.0 Å². The van der Waals surface area contributed by atoms with Gasteiger partial charge in [0.05, 0.1) is 6.21 Å². The van der Waals surface area contributed by atoms with E-state index in [1.807, 2.05) is 13.0 Å². The van der Waals surface area contributed by atoms with Gasteiger partial charge in [0.2, 0.25) is 0 Å². The Morgan fingerprint density at radius 2 is 2.14 bits per heavy atom. The van der Waals surface area contributed by atoms with Crippen LogP contribution in [0.4, 0.5) is 0 Å². The molecule has 0 aliphatic rings. The first kappa shape index (κ1) is 15.3. The van der Waals surface area contributed by atoms with Crippen molar-refractivity contribution in [3.05, 3.63) is 57.9 Å². The van der Waals surface area contributed by atoms with Crippen LogP contribution < -0.4 is 5.43 Å². The van der Waals surface area contributed by atoms with Crippen LogP contribution in [0, 0.1) is 13.8 Å². The third-order valence-electron chi connectivity index (χ3n) is 3.39. The topological polar surface area (TPSA) is 46.4 Å². The normalized spacial score (nSPS) is 11.0. The molecular weight excluding hydrogens is 286 g/mol. The molecule has 0 fully saturated rings. The van der Waals surface area contributed by atoms with Gasteiger partial charge < -0.3 is 4.57 Å². The lowest BCUT2D eigenvalue weighted by Gasteiger charge is -2.04. The molecule has 1 aromatic carbocycles. The van der Waals surface area contributed by atoms with Gasteiger partial charge in [-0.25, -0.2) is 5.43 Å². The first-order valence-corrected chi connectivity index (χ1v) is 7.16. The van der Waals surface area contributed by atoms with E-state index in [9.17, 15) is 4.79 Å². The molecule has 0 atom stereocenters. The minimum atomic E-state index is -0.280. The average molecular weight is 304 g/mol. The number of hydrogen-bond donors (Lipinski definition) is 1. The van der Waals surface area contributed by atoms with Gasteiger partial charge >= 0.3 is 0 Å². The quantitative estimate of drug-likeness (QED) is 0.681. The van der Waals surface area contributed by atoms with Gasteiger partial charge in [0.15, 0.2) is 0 Å². The number of carbonyl (C=O) groups excluding carboxylic acids is 1. The summed E-state index contributed by atoms with van der Waals surface area (Å²) in [6.07, 6.45) is 1.66. The van der Waals surface area contributed by atoms with Crippen LogP contribution in [0.5, 0.6) is 0 Å². The zero-order valence-corrected chi connectivity index (χ0v) is 13.1. The van der Waals surface area contributed by atoms with Crippen molar-refractivity contribution in [2.75, 3.05) is 0 Å². The van der Waals surface area contributed by atoms with E-state index in [-0.39, 0.29) is 5.91 Å². The molecule has 0 unspecified atom stereocenters. The first-order valence-electron chi connectivity index (χ1n) is 6.78. The van der Waals surface area contributed by atoms with Crippen LogP contribution in [0.1, 0.15) is 34.2 Å². The molecule has 1 amide bonds. The molecule has 0 spiro atoms. The van der Waals surface area contributed by atoms with Gasteiger partial charge in [-0.2, -0.15) is 5.10 Å². The van der Waals surface area contributed by atoms with E-state index in [4.69, 9.17) is 11.6 Å². The van der Waals surface area contributed by atoms with E-state index in [1.54, 1.807) is 30.5 Å². The highest BCUT2D eigenvalue weighted by Crippen LogP contribution is 2.13. The predicted octanol–water partition coefficient (Wildman–Crippen LogP) is 3.54. The van der Waals surface area contributed by atoms with E-state index >= 15 is 0 Å². The van der Waals surface area contributed by atoms with Crippen molar-refractivity contribution >= 4 is 23.7 Å². The lowest BCUT2D eigenvalue weighted by Crippen LogP contribution is -2.17. The van der Waals surface area contributed by atoms with Crippen LogP contribution in [-0.4, -0.2) is 16.7 Å². The Bertz CT molecular complexity index is 689. The fourth-order valence-electron chi connectivity index (χ4n) is 2.30. The van der Waals surface area contributed by atoms with E-state index < -0.39 is 0 Å². The Kier molecular flexibility index (Phi) is 4.81. The highest BCUT2D eigenvalue weighted by atomic mass is 35.5. The van der Waals surface area contributed by atoms with Gasteiger partial charge in [0.25, 0.3) is 5.91 Å². The zero-order chi connectivity index (χ0) is 15.4. The fraction of sp³-hybridized carbons (Fsp3) is 0.250. The maximum atomic E-state index is 11.9. The summed E-state index contributed by atoms with van der Waals surface area (Å²) in [5.41, 5.74) is 6.31. The van der Waals surface area contributed by atoms with Crippen LogP contribution in [0.15, 0.2) is 35.4 Å². The summed E-state index contributed by atoms with van der Waals surface area (Å²) < 4.78 is 2.19. The van der Waals surface area contributed by atoms with Gasteiger partial charge in [-0.3, -0.25) is 4.79 Å². The van der Waals surface area contributed by atoms with Crippen molar-refractivity contribution in [1.29, 1.82) is 0 Å². The molecule has 1 heterocycles. The molecule has 1 aromatic heterocycles. The second-order valence-corrected chi connectivity index (χ2v) is 5.22. The number of carbonyl (C=O) groups is 1. The van der Waals surface area contributed by atoms with Crippen LogP contribution in [-0.2, 0) is 6.54 Å². The highest BCUT2D eigenvalue weighted by molar-refractivity contribution is 6.30. The molecule has 0 aliphatic heterocycles. The number of aryl methyl sites for hydroxylation is 1. The zero-order valence-electron chi connectivity index (χ0n) is 12.4. The summed E-state index contributed by atoms with van der Waals surface area (Å²) in [6, 6.07) is 8.81. The Balaban J connectivity index is 2.07. The number of halogens is 1. The number of benzene rings is 1. The molecule has 0 saturated heterocycles. The van der Waals surface area contributed by atoms with Crippen molar-refractivity contribution in [3.8, 4) is 0 Å². The van der Waals surface area contributed by atoms with Crippen molar-refractivity contribution in [1.82, 2.24) is 9.99 Å². The summed E-state index contributed by atoms with van der Waals surface area (Å²) in [4.78, 5) is 11.9. The van der Waals surface area contributed by atoms with E-state index in [0.717, 1.165) is 17.8 Å². The largest absolute Gasteiger partial charge is 0.349 e. The van der Waals surface area contributed by atoms with Crippen molar-refractivity contribution in [2.45, 2.75) is 27.3 Å². The van der Waals surface area contributed by atoms with Gasteiger partial charge in [-0.15, -0.1) is 0 Å². The molecule has 4 nitrogen and oxygen atoms in total. The van der Waals surface area contributed by atoms with Crippen molar-refractivity contribution in [2.24, 2.45) is 5.10 Å². The standard InChI is InChI=1S/C16H18ClN3O/c1-4-20-11(2)8-14(12(20)3)10-18-19-16(21)13-6-5-7-15(17)9-13/h5-10H,4H2,1-3H3,(H,19,21)/b18-10-. The van der Waals surface area contributed by atoms with E-state index in [2.05, 4.69) is 28.9 Å². The monoisotopic (exact) mass is 303 g/mol. The third-order valence-corrected chi connectivity index (χ3v) is 3.62.